The number of carbonyl (C=O) groups is 2. The Kier molecular flexibility index (Phi) is 11.3. The van der Waals surface area contributed by atoms with Gasteiger partial charge in [-0.2, -0.15) is 4.31 Å². The Labute approximate surface area is 233 Å². The van der Waals surface area contributed by atoms with E-state index < -0.39 is 28.3 Å². The Hall–Kier alpha value is -3.71. The van der Waals surface area contributed by atoms with Gasteiger partial charge in [-0.05, 0) is 48.0 Å². The van der Waals surface area contributed by atoms with E-state index in [9.17, 15) is 23.1 Å². The number of methoxy groups -OCH3 is 2. The van der Waals surface area contributed by atoms with Crippen LogP contribution in [0.5, 0.6) is 5.75 Å². The van der Waals surface area contributed by atoms with Crippen LogP contribution in [-0.2, 0) is 33.8 Å². The largest absolute Gasteiger partial charge is 0.497 e. The molecular formula is C28H33NO10S. The standard InChI is InChI=1S/C28H33NO10S/c1-4-16-38-28(32)25-18-22(20-5-7-21(8-6-20)27(31)36-3)19-26(39-25)37-17-14-29(13-15-30)40(33,34)24-11-9-23(35-2)10-12-24/h4-12,18,22,26,30H,1,13-17,19H2,2-3H3/t22-,26+/m1/s1. The van der Waals surface area contributed by atoms with Gasteiger partial charge >= 0.3 is 11.9 Å². The number of aliphatic hydroxyl groups excluding tert-OH is 1. The van der Waals surface area contributed by atoms with E-state index in [1.54, 1.807) is 30.3 Å². The lowest BCUT2D eigenvalue weighted by Crippen LogP contribution is -2.37. The van der Waals surface area contributed by atoms with Crippen molar-refractivity contribution in [3.8, 4) is 5.75 Å². The maximum Gasteiger partial charge on any atom is 0.373 e. The molecule has 0 unspecified atom stereocenters. The molecule has 0 spiro atoms. The summed E-state index contributed by atoms with van der Waals surface area (Å²) in [6.07, 6.45) is 2.45. The maximum absolute atomic E-state index is 13.2. The van der Waals surface area contributed by atoms with Crippen LogP contribution in [0, 0.1) is 0 Å². The number of allylic oxidation sites excluding steroid dienone is 1. The summed E-state index contributed by atoms with van der Waals surface area (Å²) in [6.45, 7) is 2.83. The molecule has 0 fully saturated rings. The van der Waals surface area contributed by atoms with E-state index in [0.717, 1.165) is 9.87 Å². The molecule has 1 aliphatic heterocycles. The molecule has 3 rings (SSSR count). The lowest BCUT2D eigenvalue weighted by atomic mass is 9.92. The summed E-state index contributed by atoms with van der Waals surface area (Å²) < 4.78 is 54.0. The zero-order chi connectivity index (χ0) is 29.1. The first-order chi connectivity index (χ1) is 19.2. The molecule has 40 heavy (non-hydrogen) atoms. The molecule has 2 aromatic carbocycles. The molecule has 0 radical (unpaired) electrons. The van der Waals surface area contributed by atoms with Crippen LogP contribution in [0.4, 0.5) is 0 Å². The summed E-state index contributed by atoms with van der Waals surface area (Å²) in [7, 11) is -1.15. The maximum atomic E-state index is 13.2. The summed E-state index contributed by atoms with van der Waals surface area (Å²) >= 11 is 0. The van der Waals surface area contributed by atoms with Gasteiger partial charge in [-0.3, -0.25) is 0 Å². The highest BCUT2D eigenvalue weighted by atomic mass is 32.2. The van der Waals surface area contributed by atoms with Gasteiger partial charge in [0, 0.05) is 25.4 Å². The molecule has 0 saturated carbocycles. The van der Waals surface area contributed by atoms with Crippen LogP contribution in [0.1, 0.15) is 28.3 Å². The van der Waals surface area contributed by atoms with E-state index in [0.29, 0.717) is 17.7 Å². The Balaban J connectivity index is 1.73. The molecule has 0 saturated heterocycles. The average molecular weight is 576 g/mol. The van der Waals surface area contributed by atoms with Gasteiger partial charge in [-0.25, -0.2) is 18.0 Å². The van der Waals surface area contributed by atoms with E-state index in [4.69, 9.17) is 23.7 Å². The molecule has 1 aliphatic rings. The average Bonchev–Trinajstić information content (AvgIpc) is 2.98. The number of nitrogens with zero attached hydrogens (tertiary/aromatic N) is 1. The first kappa shape index (κ1) is 30.8. The van der Waals surface area contributed by atoms with Gasteiger partial charge < -0.3 is 28.8 Å². The highest BCUT2D eigenvalue weighted by Gasteiger charge is 2.31. The second-order valence-electron chi connectivity index (χ2n) is 8.60. The molecule has 0 aliphatic carbocycles. The van der Waals surface area contributed by atoms with Crippen molar-refractivity contribution in [2.75, 3.05) is 47.1 Å². The summed E-state index contributed by atoms with van der Waals surface area (Å²) in [5, 5.41) is 9.49. The minimum atomic E-state index is -3.93. The van der Waals surface area contributed by atoms with Crippen LogP contribution in [-0.4, -0.2) is 83.2 Å². The van der Waals surface area contributed by atoms with E-state index >= 15 is 0 Å². The predicted octanol–water partition coefficient (Wildman–Crippen LogP) is 2.62. The number of aliphatic hydroxyl groups is 1. The van der Waals surface area contributed by atoms with Crippen LogP contribution in [0.25, 0.3) is 0 Å². The highest BCUT2D eigenvalue weighted by Crippen LogP contribution is 2.32. The highest BCUT2D eigenvalue weighted by molar-refractivity contribution is 7.89. The number of rotatable bonds is 14. The fourth-order valence-corrected chi connectivity index (χ4v) is 5.39. The Morgan fingerprint density at radius 2 is 1.77 bits per heavy atom. The Morgan fingerprint density at radius 1 is 1.07 bits per heavy atom. The predicted molar refractivity (Wildman–Crippen MR) is 144 cm³/mol. The van der Waals surface area contributed by atoms with Crippen LogP contribution in [0.15, 0.2) is 77.9 Å². The third-order valence-corrected chi connectivity index (χ3v) is 7.95. The third kappa shape index (κ3) is 7.92. The number of carbonyl (C=O) groups excluding carboxylic acids is 2. The second-order valence-corrected chi connectivity index (χ2v) is 10.5. The quantitative estimate of drug-likeness (QED) is 0.264. The van der Waals surface area contributed by atoms with Gasteiger partial charge in [0.2, 0.25) is 22.1 Å². The summed E-state index contributed by atoms with van der Waals surface area (Å²) in [6, 6.07) is 12.6. The molecule has 216 valence electrons. The Morgan fingerprint density at radius 3 is 2.38 bits per heavy atom. The molecule has 2 atom stereocenters. The van der Waals surface area contributed by atoms with Gasteiger partial charge in [-0.1, -0.05) is 24.8 Å². The minimum absolute atomic E-state index is 0.0110. The van der Waals surface area contributed by atoms with Crippen LogP contribution >= 0.6 is 0 Å². The van der Waals surface area contributed by atoms with E-state index in [1.807, 2.05) is 0 Å². The number of benzene rings is 2. The number of hydrogen-bond acceptors (Lipinski definition) is 10. The normalized spacial score (nSPS) is 16.9. The number of sulfonamides is 1. The molecular weight excluding hydrogens is 542 g/mol. The number of esters is 2. The van der Waals surface area contributed by atoms with Crippen LogP contribution in [0.2, 0.25) is 0 Å². The molecule has 1 N–H and O–H groups in total. The van der Waals surface area contributed by atoms with Gasteiger partial charge in [0.05, 0.1) is 37.9 Å². The van der Waals surface area contributed by atoms with Gasteiger partial charge in [-0.15, -0.1) is 0 Å². The van der Waals surface area contributed by atoms with Gasteiger partial charge in [0.25, 0.3) is 0 Å². The monoisotopic (exact) mass is 575 g/mol. The molecule has 2 aromatic rings. The fourth-order valence-electron chi connectivity index (χ4n) is 3.97. The zero-order valence-corrected chi connectivity index (χ0v) is 23.2. The zero-order valence-electron chi connectivity index (χ0n) is 22.4. The van der Waals surface area contributed by atoms with E-state index in [-0.39, 0.29) is 49.5 Å². The molecule has 11 nitrogen and oxygen atoms in total. The van der Waals surface area contributed by atoms with Crippen molar-refractivity contribution in [1.82, 2.24) is 4.31 Å². The van der Waals surface area contributed by atoms with Crippen LogP contribution in [0.3, 0.4) is 0 Å². The third-order valence-electron chi connectivity index (χ3n) is 6.04. The molecule has 0 aromatic heterocycles. The van der Waals surface area contributed by atoms with Crippen LogP contribution < -0.4 is 4.74 Å². The summed E-state index contributed by atoms with van der Waals surface area (Å²) in [5.74, 6) is -1.05. The molecule has 12 heteroatoms. The van der Waals surface area contributed by atoms with E-state index in [2.05, 4.69) is 6.58 Å². The van der Waals surface area contributed by atoms with Crippen molar-refractivity contribution in [3.05, 3.63) is 84.1 Å². The smallest absolute Gasteiger partial charge is 0.373 e. The number of ether oxygens (including phenoxy) is 5. The fraction of sp³-hybridized carbons (Fsp3) is 0.357. The number of hydrogen-bond donors (Lipinski definition) is 1. The molecule has 0 bridgehead atoms. The summed E-state index contributed by atoms with van der Waals surface area (Å²) in [5.41, 5.74) is 1.17. The van der Waals surface area contributed by atoms with E-state index in [1.165, 1.54) is 44.6 Å². The van der Waals surface area contributed by atoms with Gasteiger partial charge in [0.1, 0.15) is 12.4 Å². The van der Waals surface area contributed by atoms with Crippen molar-refractivity contribution < 1.29 is 46.8 Å². The SMILES string of the molecule is C=CCOC(=O)C1=C[C@@H](c2ccc(C(=O)OC)cc2)C[C@@H](OCCN(CCO)S(=O)(=O)c2ccc(OC)cc2)O1. The lowest BCUT2D eigenvalue weighted by molar-refractivity contribution is -0.160. The van der Waals surface area contributed by atoms with Crippen molar-refractivity contribution in [3.63, 3.8) is 0 Å². The topological polar surface area (TPSA) is 138 Å². The van der Waals surface area contributed by atoms with Crippen molar-refractivity contribution >= 4 is 22.0 Å². The molecule has 0 amide bonds. The first-order valence-electron chi connectivity index (χ1n) is 12.4. The molecule has 1 heterocycles. The van der Waals surface area contributed by atoms with Crippen molar-refractivity contribution in [2.24, 2.45) is 0 Å². The van der Waals surface area contributed by atoms with Crippen molar-refractivity contribution in [2.45, 2.75) is 23.5 Å². The summed E-state index contributed by atoms with van der Waals surface area (Å²) in [4.78, 5) is 24.4. The van der Waals surface area contributed by atoms with Crippen molar-refractivity contribution in [1.29, 1.82) is 0 Å². The lowest BCUT2D eigenvalue weighted by Gasteiger charge is -2.30. The first-order valence-corrected chi connectivity index (χ1v) is 13.9. The second kappa shape index (κ2) is 14.6. The Bertz CT molecular complexity index is 1290. The van der Waals surface area contributed by atoms with Gasteiger partial charge in [0.15, 0.2) is 0 Å². The minimum Gasteiger partial charge on any atom is -0.497 e.